The van der Waals surface area contributed by atoms with E-state index in [4.69, 9.17) is 11.6 Å². The van der Waals surface area contributed by atoms with Gasteiger partial charge in [0.25, 0.3) is 0 Å². The molecule has 1 saturated heterocycles. The smallest absolute Gasteiger partial charge is 0.240 e. The molecule has 2 saturated carbocycles. The number of rotatable bonds is 5. The van der Waals surface area contributed by atoms with E-state index in [2.05, 4.69) is 14.5 Å². The molecule has 2 aliphatic carbocycles. The number of halogens is 1. The van der Waals surface area contributed by atoms with Gasteiger partial charge in [0.1, 0.15) is 0 Å². The molecule has 29 heavy (non-hydrogen) atoms. The summed E-state index contributed by atoms with van der Waals surface area (Å²) >= 11 is 5.92. The SMILES string of the molecule is O=S(=O)(N[C@H]1CCCC[C@H]1N1CCN(C2CCCCC2)CC1)c1ccc(Cl)cc1. The van der Waals surface area contributed by atoms with Crippen LogP contribution < -0.4 is 4.72 Å². The van der Waals surface area contributed by atoms with Crippen LogP contribution in [0.15, 0.2) is 29.2 Å². The maximum Gasteiger partial charge on any atom is 0.240 e. The molecule has 0 bridgehead atoms. The first-order valence-electron chi connectivity index (χ1n) is 11.3. The van der Waals surface area contributed by atoms with Crippen molar-refractivity contribution < 1.29 is 8.42 Å². The fourth-order valence-corrected chi connectivity index (χ4v) is 6.88. The van der Waals surface area contributed by atoms with E-state index in [9.17, 15) is 8.42 Å². The zero-order chi connectivity index (χ0) is 20.3. The van der Waals surface area contributed by atoms with E-state index in [-0.39, 0.29) is 6.04 Å². The van der Waals surface area contributed by atoms with Crippen molar-refractivity contribution in [1.29, 1.82) is 0 Å². The highest BCUT2D eigenvalue weighted by atomic mass is 35.5. The molecule has 0 spiro atoms. The van der Waals surface area contributed by atoms with E-state index < -0.39 is 10.0 Å². The van der Waals surface area contributed by atoms with Crippen molar-refractivity contribution in [2.75, 3.05) is 26.2 Å². The van der Waals surface area contributed by atoms with Gasteiger partial charge in [0.05, 0.1) is 4.90 Å². The molecular weight excluding hydrogens is 406 g/mol. The number of nitrogens with zero attached hydrogens (tertiary/aromatic N) is 2. The highest BCUT2D eigenvalue weighted by molar-refractivity contribution is 7.89. The second kappa shape index (κ2) is 9.65. The number of benzene rings is 1. The second-order valence-electron chi connectivity index (χ2n) is 8.90. The van der Waals surface area contributed by atoms with Gasteiger partial charge in [-0.2, -0.15) is 0 Å². The van der Waals surface area contributed by atoms with Gasteiger partial charge in [0.15, 0.2) is 0 Å². The maximum absolute atomic E-state index is 12.9. The van der Waals surface area contributed by atoms with E-state index in [1.165, 1.54) is 38.5 Å². The minimum Gasteiger partial charge on any atom is -0.298 e. The van der Waals surface area contributed by atoms with Crippen LogP contribution in [0, 0.1) is 0 Å². The van der Waals surface area contributed by atoms with Crippen LogP contribution in [0.5, 0.6) is 0 Å². The largest absolute Gasteiger partial charge is 0.298 e. The lowest BCUT2D eigenvalue weighted by Crippen LogP contribution is -2.59. The number of nitrogens with one attached hydrogen (secondary N) is 1. The summed E-state index contributed by atoms with van der Waals surface area (Å²) in [6, 6.07) is 7.52. The maximum atomic E-state index is 12.9. The van der Waals surface area contributed by atoms with Crippen molar-refractivity contribution in [2.45, 2.75) is 80.8 Å². The molecule has 5 nitrogen and oxygen atoms in total. The molecule has 7 heteroatoms. The fraction of sp³-hybridized carbons (Fsp3) is 0.727. The summed E-state index contributed by atoms with van der Waals surface area (Å²) in [5.74, 6) is 0. The topological polar surface area (TPSA) is 52.7 Å². The molecule has 3 fully saturated rings. The van der Waals surface area contributed by atoms with E-state index in [1.54, 1.807) is 24.3 Å². The van der Waals surface area contributed by atoms with Crippen LogP contribution in [0.2, 0.25) is 5.02 Å². The van der Waals surface area contributed by atoms with E-state index in [0.717, 1.165) is 51.5 Å². The summed E-state index contributed by atoms with van der Waals surface area (Å²) in [7, 11) is -3.52. The Morgan fingerprint density at radius 1 is 0.793 bits per heavy atom. The Morgan fingerprint density at radius 2 is 1.38 bits per heavy atom. The van der Waals surface area contributed by atoms with Gasteiger partial charge in [-0.1, -0.05) is 43.7 Å². The van der Waals surface area contributed by atoms with Gasteiger partial charge in [-0.25, -0.2) is 13.1 Å². The highest BCUT2D eigenvalue weighted by Gasteiger charge is 2.35. The van der Waals surface area contributed by atoms with Crippen LogP contribution in [0.3, 0.4) is 0 Å². The second-order valence-corrected chi connectivity index (χ2v) is 11.0. The first kappa shape index (κ1) is 21.6. The molecule has 0 aromatic heterocycles. The fourth-order valence-electron chi connectivity index (χ4n) is 5.45. The average molecular weight is 440 g/mol. The van der Waals surface area contributed by atoms with Crippen LogP contribution in [-0.2, 0) is 10.0 Å². The summed E-state index contributed by atoms with van der Waals surface area (Å²) in [6.45, 7) is 4.36. The molecular formula is C22H34ClN3O2S. The van der Waals surface area contributed by atoms with E-state index >= 15 is 0 Å². The Hall–Kier alpha value is -0.660. The van der Waals surface area contributed by atoms with Gasteiger partial charge in [-0.3, -0.25) is 9.80 Å². The van der Waals surface area contributed by atoms with E-state index in [1.807, 2.05) is 0 Å². The van der Waals surface area contributed by atoms with Crippen molar-refractivity contribution in [3.8, 4) is 0 Å². The average Bonchev–Trinajstić information content (AvgIpc) is 2.75. The van der Waals surface area contributed by atoms with Gasteiger partial charge in [0.2, 0.25) is 10.0 Å². The third-order valence-electron chi connectivity index (χ3n) is 7.07. The summed E-state index contributed by atoms with van der Waals surface area (Å²) in [6.07, 6.45) is 11.1. The quantitative estimate of drug-likeness (QED) is 0.756. The molecule has 1 aromatic rings. The van der Waals surface area contributed by atoms with Crippen molar-refractivity contribution >= 4 is 21.6 Å². The van der Waals surface area contributed by atoms with Gasteiger partial charge in [0, 0.05) is 49.3 Å². The van der Waals surface area contributed by atoms with Gasteiger partial charge in [-0.05, 0) is 49.9 Å². The lowest BCUT2D eigenvalue weighted by atomic mass is 9.89. The van der Waals surface area contributed by atoms with Crippen molar-refractivity contribution in [3.05, 3.63) is 29.3 Å². The summed E-state index contributed by atoms with van der Waals surface area (Å²) in [5, 5.41) is 0.551. The van der Waals surface area contributed by atoms with Crippen LogP contribution in [0.25, 0.3) is 0 Å². The molecule has 1 heterocycles. The van der Waals surface area contributed by atoms with Crippen LogP contribution in [0.4, 0.5) is 0 Å². The lowest BCUT2D eigenvalue weighted by molar-refractivity contribution is 0.0380. The monoisotopic (exact) mass is 439 g/mol. The first-order valence-corrected chi connectivity index (χ1v) is 13.1. The van der Waals surface area contributed by atoms with Crippen molar-refractivity contribution in [2.24, 2.45) is 0 Å². The molecule has 1 N–H and O–H groups in total. The Balaban J connectivity index is 1.38. The normalized spacial score (nSPS) is 28.4. The zero-order valence-corrected chi connectivity index (χ0v) is 18.8. The van der Waals surface area contributed by atoms with Crippen molar-refractivity contribution in [1.82, 2.24) is 14.5 Å². The van der Waals surface area contributed by atoms with Crippen molar-refractivity contribution in [3.63, 3.8) is 0 Å². The molecule has 0 amide bonds. The molecule has 2 atom stereocenters. The molecule has 162 valence electrons. The van der Waals surface area contributed by atoms with Crippen LogP contribution in [-0.4, -0.2) is 62.5 Å². The van der Waals surface area contributed by atoms with Gasteiger partial charge >= 0.3 is 0 Å². The van der Waals surface area contributed by atoms with E-state index in [0.29, 0.717) is 16.0 Å². The molecule has 1 aliphatic heterocycles. The first-order chi connectivity index (χ1) is 14.0. The number of hydrogen-bond donors (Lipinski definition) is 1. The Bertz CT molecular complexity index is 757. The summed E-state index contributed by atoms with van der Waals surface area (Å²) in [5.41, 5.74) is 0. The molecule has 0 unspecified atom stereocenters. The summed E-state index contributed by atoms with van der Waals surface area (Å²) < 4.78 is 28.9. The molecule has 0 radical (unpaired) electrons. The third-order valence-corrected chi connectivity index (χ3v) is 8.83. The Labute approximate surface area is 180 Å². The molecule has 3 aliphatic rings. The van der Waals surface area contributed by atoms with Gasteiger partial charge < -0.3 is 0 Å². The predicted molar refractivity (Wildman–Crippen MR) is 118 cm³/mol. The number of sulfonamides is 1. The van der Waals surface area contributed by atoms with Crippen LogP contribution in [0.1, 0.15) is 57.8 Å². The molecule has 1 aromatic carbocycles. The third kappa shape index (κ3) is 5.34. The minimum atomic E-state index is -3.52. The Morgan fingerprint density at radius 3 is 2.07 bits per heavy atom. The standard InChI is InChI=1S/C22H34ClN3O2S/c23-18-10-12-20(13-11-18)29(27,28)24-21-8-4-5-9-22(21)26-16-14-25(15-17-26)19-6-2-1-3-7-19/h10-13,19,21-22,24H,1-9,14-17H2/t21-,22+/m0/s1. The number of hydrogen-bond acceptors (Lipinski definition) is 4. The minimum absolute atomic E-state index is 0.00865. The zero-order valence-electron chi connectivity index (χ0n) is 17.2. The molecule has 4 rings (SSSR count). The predicted octanol–water partition coefficient (Wildman–Crippen LogP) is 3.88. The van der Waals surface area contributed by atoms with Crippen LogP contribution >= 0.6 is 11.6 Å². The lowest BCUT2D eigenvalue weighted by Gasteiger charge is -2.46. The van der Waals surface area contributed by atoms with Gasteiger partial charge in [-0.15, -0.1) is 0 Å². The summed E-state index contributed by atoms with van der Waals surface area (Å²) in [4.78, 5) is 5.53. The number of piperazine rings is 1. The Kier molecular flexibility index (Phi) is 7.18. The highest BCUT2D eigenvalue weighted by Crippen LogP contribution is 2.28.